The van der Waals surface area contributed by atoms with Gasteiger partial charge in [-0.15, -0.1) is 0 Å². The highest BCUT2D eigenvalue weighted by atomic mass is 15.3. The number of hydrogen-bond acceptors (Lipinski definition) is 3. The van der Waals surface area contributed by atoms with Gasteiger partial charge >= 0.3 is 0 Å². The maximum absolute atomic E-state index is 4.64. The smallest absolute Gasteiger partial charge is 0.0554 e. The average molecular weight is 261 g/mol. The zero-order valence-electron chi connectivity index (χ0n) is 13.1. The van der Waals surface area contributed by atoms with E-state index >= 15 is 0 Å². The Morgan fingerprint density at radius 1 is 1.11 bits per heavy atom. The molecule has 2 rings (SSSR count). The molecule has 19 heavy (non-hydrogen) atoms. The Balaban J connectivity index is 2.15. The molecule has 1 saturated heterocycles. The summed E-state index contributed by atoms with van der Waals surface area (Å²) in [4.78, 5) is 9.54. The number of piperazine rings is 1. The summed E-state index contributed by atoms with van der Waals surface area (Å²) in [5.41, 5.74) is 2.53. The van der Waals surface area contributed by atoms with Gasteiger partial charge in [-0.05, 0) is 33.0 Å². The molecule has 1 fully saturated rings. The highest BCUT2D eigenvalue weighted by Gasteiger charge is 2.27. The van der Waals surface area contributed by atoms with Gasteiger partial charge in [0.15, 0.2) is 0 Å². The van der Waals surface area contributed by atoms with Crippen molar-refractivity contribution >= 4 is 5.69 Å². The molecular formula is C16H27N3. The maximum Gasteiger partial charge on any atom is 0.0554 e. The predicted octanol–water partition coefficient (Wildman–Crippen LogP) is 2.91. The molecule has 0 radical (unpaired) electrons. The minimum Gasteiger partial charge on any atom is -0.367 e. The lowest BCUT2D eigenvalue weighted by molar-refractivity contribution is 0.170. The number of hydrogen-bond donors (Lipinski definition) is 0. The summed E-state index contributed by atoms with van der Waals surface area (Å²) >= 11 is 0. The standard InChI is InChI=1S/C16H27N3/c1-12-10-19(11-13(2)18(12)6)14-7-8-15(17-9-14)16(3,4)5/h7-9,12-13H,10-11H2,1-6H3/t12-,13+. The van der Waals surface area contributed by atoms with Crippen molar-refractivity contribution in [2.24, 2.45) is 0 Å². The molecule has 106 valence electrons. The average Bonchev–Trinajstić information content (AvgIpc) is 2.34. The Labute approximate surface area is 117 Å². The summed E-state index contributed by atoms with van der Waals surface area (Å²) in [6.45, 7) is 13.4. The Bertz CT molecular complexity index is 407. The minimum atomic E-state index is 0.126. The van der Waals surface area contributed by atoms with E-state index in [1.54, 1.807) is 0 Å². The number of likely N-dealkylation sites (N-methyl/N-ethyl adjacent to an activating group) is 1. The second kappa shape index (κ2) is 5.12. The molecule has 0 aromatic carbocycles. The zero-order valence-corrected chi connectivity index (χ0v) is 13.1. The van der Waals surface area contributed by atoms with E-state index in [1.807, 2.05) is 6.20 Å². The molecule has 1 aliphatic heterocycles. The van der Waals surface area contributed by atoms with Crippen LogP contribution in [-0.4, -0.2) is 42.1 Å². The SMILES string of the molecule is C[C@@H]1CN(c2ccc(C(C)(C)C)nc2)C[C@H](C)N1C. The summed E-state index contributed by atoms with van der Waals surface area (Å²) in [6.07, 6.45) is 2.03. The highest BCUT2D eigenvalue weighted by molar-refractivity contribution is 5.46. The van der Waals surface area contributed by atoms with E-state index in [4.69, 9.17) is 0 Å². The van der Waals surface area contributed by atoms with Crippen LogP contribution >= 0.6 is 0 Å². The molecule has 0 amide bonds. The van der Waals surface area contributed by atoms with E-state index in [0.29, 0.717) is 12.1 Å². The third-order valence-corrected chi connectivity index (χ3v) is 4.24. The van der Waals surface area contributed by atoms with Crippen molar-refractivity contribution in [2.75, 3.05) is 25.0 Å². The Kier molecular flexibility index (Phi) is 3.86. The Morgan fingerprint density at radius 2 is 1.68 bits per heavy atom. The number of rotatable bonds is 1. The zero-order chi connectivity index (χ0) is 14.2. The van der Waals surface area contributed by atoms with Crippen LogP contribution in [0.15, 0.2) is 18.3 Å². The molecular weight excluding hydrogens is 234 g/mol. The molecule has 2 heterocycles. The summed E-state index contributed by atoms with van der Waals surface area (Å²) in [5, 5.41) is 0. The second-order valence-corrected chi connectivity index (χ2v) is 6.92. The molecule has 1 aromatic rings. The van der Waals surface area contributed by atoms with E-state index in [2.05, 4.69) is 68.6 Å². The van der Waals surface area contributed by atoms with Crippen LogP contribution in [-0.2, 0) is 5.41 Å². The number of nitrogens with zero attached hydrogens (tertiary/aromatic N) is 3. The Hall–Kier alpha value is -1.09. The quantitative estimate of drug-likeness (QED) is 0.775. The van der Waals surface area contributed by atoms with Crippen LogP contribution in [0.5, 0.6) is 0 Å². The van der Waals surface area contributed by atoms with Gasteiger partial charge in [0.05, 0.1) is 11.9 Å². The van der Waals surface area contributed by atoms with Crippen LogP contribution in [0.2, 0.25) is 0 Å². The molecule has 0 aliphatic carbocycles. The van der Waals surface area contributed by atoms with Crippen molar-refractivity contribution in [1.29, 1.82) is 0 Å². The van der Waals surface area contributed by atoms with Crippen molar-refractivity contribution in [3.05, 3.63) is 24.0 Å². The second-order valence-electron chi connectivity index (χ2n) is 6.92. The minimum absolute atomic E-state index is 0.126. The fourth-order valence-corrected chi connectivity index (χ4v) is 2.63. The van der Waals surface area contributed by atoms with Crippen molar-refractivity contribution in [3.63, 3.8) is 0 Å². The third kappa shape index (κ3) is 3.08. The van der Waals surface area contributed by atoms with Gasteiger partial charge in [0, 0.05) is 36.3 Å². The van der Waals surface area contributed by atoms with Crippen LogP contribution in [0.25, 0.3) is 0 Å². The summed E-state index contributed by atoms with van der Waals surface area (Å²) in [5.74, 6) is 0. The molecule has 0 bridgehead atoms. The Morgan fingerprint density at radius 3 is 2.11 bits per heavy atom. The van der Waals surface area contributed by atoms with Crippen molar-refractivity contribution in [2.45, 2.75) is 52.1 Å². The first kappa shape index (κ1) is 14.3. The number of pyridine rings is 1. The fourth-order valence-electron chi connectivity index (χ4n) is 2.63. The van der Waals surface area contributed by atoms with E-state index in [-0.39, 0.29) is 5.41 Å². The van der Waals surface area contributed by atoms with Gasteiger partial charge in [0.1, 0.15) is 0 Å². The summed E-state index contributed by atoms with van der Waals surface area (Å²) < 4.78 is 0. The van der Waals surface area contributed by atoms with Crippen LogP contribution in [0.3, 0.4) is 0 Å². The van der Waals surface area contributed by atoms with E-state index in [0.717, 1.165) is 18.8 Å². The topological polar surface area (TPSA) is 19.4 Å². The molecule has 0 unspecified atom stereocenters. The lowest BCUT2D eigenvalue weighted by Crippen LogP contribution is -2.55. The number of aromatic nitrogens is 1. The van der Waals surface area contributed by atoms with E-state index < -0.39 is 0 Å². The van der Waals surface area contributed by atoms with Gasteiger partial charge in [-0.3, -0.25) is 9.88 Å². The highest BCUT2D eigenvalue weighted by Crippen LogP contribution is 2.24. The first-order valence-corrected chi connectivity index (χ1v) is 7.22. The molecule has 0 N–H and O–H groups in total. The van der Waals surface area contributed by atoms with E-state index in [1.165, 1.54) is 5.69 Å². The van der Waals surface area contributed by atoms with Crippen molar-refractivity contribution < 1.29 is 0 Å². The van der Waals surface area contributed by atoms with Crippen molar-refractivity contribution in [3.8, 4) is 0 Å². The van der Waals surface area contributed by atoms with Crippen LogP contribution in [0.1, 0.15) is 40.3 Å². The van der Waals surface area contributed by atoms with Gasteiger partial charge in [0.25, 0.3) is 0 Å². The lowest BCUT2D eigenvalue weighted by Gasteiger charge is -2.43. The van der Waals surface area contributed by atoms with Gasteiger partial charge in [-0.1, -0.05) is 20.8 Å². The van der Waals surface area contributed by atoms with Gasteiger partial charge < -0.3 is 4.90 Å². The molecule has 2 atom stereocenters. The third-order valence-electron chi connectivity index (χ3n) is 4.24. The fraction of sp³-hybridized carbons (Fsp3) is 0.688. The molecule has 0 spiro atoms. The van der Waals surface area contributed by atoms with Crippen LogP contribution in [0.4, 0.5) is 5.69 Å². The first-order chi connectivity index (χ1) is 8.79. The largest absolute Gasteiger partial charge is 0.367 e. The molecule has 1 aromatic heterocycles. The van der Waals surface area contributed by atoms with Gasteiger partial charge in [-0.25, -0.2) is 0 Å². The first-order valence-electron chi connectivity index (χ1n) is 7.22. The maximum atomic E-state index is 4.64. The molecule has 3 heteroatoms. The van der Waals surface area contributed by atoms with Crippen molar-refractivity contribution in [1.82, 2.24) is 9.88 Å². The lowest BCUT2D eigenvalue weighted by atomic mass is 9.91. The van der Waals surface area contributed by atoms with Crippen LogP contribution < -0.4 is 4.90 Å². The monoisotopic (exact) mass is 261 g/mol. The van der Waals surface area contributed by atoms with Gasteiger partial charge in [-0.2, -0.15) is 0 Å². The van der Waals surface area contributed by atoms with Crippen LogP contribution in [0, 0.1) is 0 Å². The molecule has 3 nitrogen and oxygen atoms in total. The summed E-state index contributed by atoms with van der Waals surface area (Å²) in [7, 11) is 2.22. The molecule has 0 saturated carbocycles. The number of anilines is 1. The predicted molar refractivity (Wildman–Crippen MR) is 81.8 cm³/mol. The van der Waals surface area contributed by atoms with E-state index in [9.17, 15) is 0 Å². The molecule has 1 aliphatic rings. The summed E-state index contributed by atoms with van der Waals surface area (Å²) in [6, 6.07) is 5.57. The normalized spacial score (nSPS) is 25.7. The van der Waals surface area contributed by atoms with Gasteiger partial charge in [0.2, 0.25) is 0 Å².